The topological polar surface area (TPSA) is 49.7 Å². The quantitative estimate of drug-likeness (QED) is 0.0637. The molecule has 0 amide bonds. The third kappa shape index (κ3) is 42.0. The predicted octanol–water partition coefficient (Wildman–Crippen LogP) is 14.6. The molecule has 0 aliphatic heterocycles. The average molecular weight is 667 g/mol. The predicted molar refractivity (Wildman–Crippen MR) is 210 cm³/mol. The molecule has 2 unspecified atom stereocenters. The summed E-state index contributed by atoms with van der Waals surface area (Å²) in [6, 6.07) is 0. The average Bonchev–Trinajstić information content (AvgIpc) is 3.07. The number of hydrogen-bond acceptors (Lipinski definition) is 3. The molecule has 0 aromatic carbocycles. The Balaban J connectivity index is 3.24. The Morgan fingerprint density at radius 1 is 0.277 bits per heavy atom. The highest BCUT2D eigenvalue weighted by Crippen LogP contribution is 2.17. The second-order valence-electron chi connectivity index (χ2n) is 15.4. The van der Waals surface area contributed by atoms with Gasteiger partial charge in [0.05, 0.1) is 25.4 Å². The van der Waals surface area contributed by atoms with E-state index in [0.29, 0.717) is 13.2 Å². The molecular weight excluding hydrogens is 576 g/mol. The minimum atomic E-state index is -0.381. The minimum Gasteiger partial charge on any atom is -0.391 e. The third-order valence-electron chi connectivity index (χ3n) is 10.4. The summed E-state index contributed by atoms with van der Waals surface area (Å²) in [5.74, 6) is 0. The molecule has 0 spiro atoms. The molecule has 0 bridgehead atoms. The molecule has 0 fully saturated rings. The summed E-state index contributed by atoms with van der Waals surface area (Å²) in [6.07, 6.45) is 50.7. The third-order valence-corrected chi connectivity index (χ3v) is 10.4. The Labute approximate surface area is 297 Å². The fourth-order valence-electron chi connectivity index (χ4n) is 7.07. The highest BCUT2D eigenvalue weighted by atomic mass is 16.5. The number of aliphatic hydroxyl groups excluding tert-OH is 2. The second kappa shape index (κ2) is 42.0. The largest absolute Gasteiger partial charge is 0.391 e. The molecule has 2 N–H and O–H groups in total. The van der Waals surface area contributed by atoms with Gasteiger partial charge in [0.1, 0.15) is 0 Å². The first-order valence-electron chi connectivity index (χ1n) is 22.1. The van der Waals surface area contributed by atoms with Crippen molar-refractivity contribution in [3.63, 3.8) is 0 Å². The summed E-state index contributed by atoms with van der Waals surface area (Å²) in [6.45, 7) is 5.33. The van der Waals surface area contributed by atoms with Crippen LogP contribution in [0.1, 0.15) is 258 Å². The van der Waals surface area contributed by atoms with Crippen molar-refractivity contribution in [2.24, 2.45) is 0 Å². The molecule has 0 aromatic heterocycles. The van der Waals surface area contributed by atoms with E-state index < -0.39 is 0 Å². The lowest BCUT2D eigenvalue weighted by molar-refractivity contribution is -0.0129. The van der Waals surface area contributed by atoms with Crippen molar-refractivity contribution in [1.82, 2.24) is 0 Å². The van der Waals surface area contributed by atoms with Gasteiger partial charge >= 0.3 is 0 Å². The fourth-order valence-corrected chi connectivity index (χ4v) is 7.07. The number of ether oxygens (including phenoxy) is 1. The van der Waals surface area contributed by atoms with E-state index >= 15 is 0 Å². The SMILES string of the molecule is CCCCCCCCCCCCCCCCCCCCC(O)COCC(O)CCCCCCCCCCCCCCCCCCCC. The van der Waals surface area contributed by atoms with Crippen LogP contribution in [-0.4, -0.2) is 35.6 Å². The molecule has 0 saturated heterocycles. The number of hydrogen-bond donors (Lipinski definition) is 2. The molecule has 0 aromatic rings. The first-order chi connectivity index (χ1) is 23.2. The zero-order chi connectivity index (χ0) is 34.1. The van der Waals surface area contributed by atoms with E-state index in [4.69, 9.17) is 4.74 Å². The Hall–Kier alpha value is -0.120. The van der Waals surface area contributed by atoms with Crippen LogP contribution in [0.15, 0.2) is 0 Å². The van der Waals surface area contributed by atoms with E-state index in [1.54, 1.807) is 0 Å². The number of unbranched alkanes of at least 4 members (excludes halogenated alkanes) is 34. The molecule has 0 heterocycles. The zero-order valence-electron chi connectivity index (χ0n) is 32.7. The normalized spacial score (nSPS) is 13.0. The Morgan fingerprint density at radius 3 is 0.638 bits per heavy atom. The van der Waals surface area contributed by atoms with Crippen molar-refractivity contribution >= 4 is 0 Å². The minimum absolute atomic E-state index is 0.370. The summed E-state index contributed by atoms with van der Waals surface area (Å²) < 4.78 is 5.63. The standard InChI is InChI=1S/C44H90O3/c1-3-5-7-9-11-13-15-17-19-21-23-25-27-29-31-33-35-37-39-43(45)41-47-42-44(46)40-38-36-34-32-30-28-26-24-22-20-18-16-14-12-10-8-6-4-2/h43-46H,3-42H2,1-2H3. The second-order valence-corrected chi connectivity index (χ2v) is 15.4. The van der Waals surface area contributed by atoms with Crippen molar-refractivity contribution in [2.75, 3.05) is 13.2 Å². The highest BCUT2D eigenvalue weighted by molar-refractivity contribution is 4.59. The van der Waals surface area contributed by atoms with E-state index in [-0.39, 0.29) is 12.2 Å². The van der Waals surface area contributed by atoms with Gasteiger partial charge in [-0.2, -0.15) is 0 Å². The van der Waals surface area contributed by atoms with E-state index in [9.17, 15) is 10.2 Å². The van der Waals surface area contributed by atoms with Gasteiger partial charge in [-0.05, 0) is 12.8 Å². The Kier molecular flexibility index (Phi) is 41.9. The van der Waals surface area contributed by atoms with Crippen LogP contribution in [0.3, 0.4) is 0 Å². The van der Waals surface area contributed by atoms with Gasteiger partial charge in [0, 0.05) is 0 Å². The fraction of sp³-hybridized carbons (Fsp3) is 1.00. The molecule has 0 saturated carbocycles. The lowest BCUT2D eigenvalue weighted by Crippen LogP contribution is -2.21. The summed E-state index contributed by atoms with van der Waals surface area (Å²) in [4.78, 5) is 0. The van der Waals surface area contributed by atoms with Gasteiger partial charge in [-0.15, -0.1) is 0 Å². The smallest absolute Gasteiger partial charge is 0.0773 e. The van der Waals surface area contributed by atoms with Gasteiger partial charge in [-0.1, -0.05) is 245 Å². The summed E-state index contributed by atoms with van der Waals surface area (Å²) in [5.41, 5.74) is 0. The molecule has 3 nitrogen and oxygen atoms in total. The Bertz CT molecular complexity index is 492. The summed E-state index contributed by atoms with van der Waals surface area (Å²) in [5, 5.41) is 20.5. The number of rotatable bonds is 42. The monoisotopic (exact) mass is 667 g/mol. The molecule has 0 aliphatic carbocycles. The van der Waals surface area contributed by atoms with Crippen LogP contribution in [0.4, 0.5) is 0 Å². The van der Waals surface area contributed by atoms with Gasteiger partial charge in [0.25, 0.3) is 0 Å². The van der Waals surface area contributed by atoms with E-state index in [2.05, 4.69) is 13.8 Å². The van der Waals surface area contributed by atoms with E-state index in [0.717, 1.165) is 25.7 Å². The van der Waals surface area contributed by atoms with Crippen molar-refractivity contribution in [3.05, 3.63) is 0 Å². The van der Waals surface area contributed by atoms with Crippen LogP contribution in [0.5, 0.6) is 0 Å². The van der Waals surface area contributed by atoms with Crippen molar-refractivity contribution in [3.8, 4) is 0 Å². The highest BCUT2D eigenvalue weighted by Gasteiger charge is 2.08. The van der Waals surface area contributed by atoms with Crippen LogP contribution >= 0.6 is 0 Å². The molecule has 47 heavy (non-hydrogen) atoms. The maximum absolute atomic E-state index is 10.2. The molecule has 284 valence electrons. The lowest BCUT2D eigenvalue weighted by Gasteiger charge is -2.14. The lowest BCUT2D eigenvalue weighted by atomic mass is 10.0. The van der Waals surface area contributed by atoms with Gasteiger partial charge in [-0.25, -0.2) is 0 Å². The Morgan fingerprint density at radius 2 is 0.447 bits per heavy atom. The maximum Gasteiger partial charge on any atom is 0.0773 e. The molecule has 0 rings (SSSR count). The zero-order valence-corrected chi connectivity index (χ0v) is 32.7. The summed E-state index contributed by atoms with van der Waals surface area (Å²) in [7, 11) is 0. The first-order valence-corrected chi connectivity index (χ1v) is 22.1. The van der Waals surface area contributed by atoms with Crippen LogP contribution in [-0.2, 0) is 4.74 Å². The van der Waals surface area contributed by atoms with Crippen molar-refractivity contribution < 1.29 is 14.9 Å². The van der Waals surface area contributed by atoms with Crippen molar-refractivity contribution in [2.45, 2.75) is 270 Å². The number of aliphatic hydroxyl groups is 2. The van der Waals surface area contributed by atoms with Gasteiger partial charge < -0.3 is 14.9 Å². The van der Waals surface area contributed by atoms with Crippen LogP contribution in [0.2, 0.25) is 0 Å². The van der Waals surface area contributed by atoms with Gasteiger partial charge in [0.15, 0.2) is 0 Å². The molecule has 0 aliphatic rings. The van der Waals surface area contributed by atoms with Gasteiger partial charge in [-0.3, -0.25) is 0 Å². The van der Waals surface area contributed by atoms with Crippen LogP contribution < -0.4 is 0 Å². The van der Waals surface area contributed by atoms with Crippen molar-refractivity contribution in [1.29, 1.82) is 0 Å². The molecular formula is C44H90O3. The summed E-state index contributed by atoms with van der Waals surface area (Å²) >= 11 is 0. The van der Waals surface area contributed by atoms with Gasteiger partial charge in [0.2, 0.25) is 0 Å². The van der Waals surface area contributed by atoms with Crippen LogP contribution in [0, 0.1) is 0 Å². The van der Waals surface area contributed by atoms with E-state index in [1.807, 2.05) is 0 Å². The van der Waals surface area contributed by atoms with E-state index in [1.165, 1.54) is 218 Å². The molecule has 2 atom stereocenters. The molecule has 3 heteroatoms. The van der Waals surface area contributed by atoms with Crippen LogP contribution in [0.25, 0.3) is 0 Å². The first kappa shape index (κ1) is 46.9. The molecule has 0 radical (unpaired) electrons. The maximum atomic E-state index is 10.2.